The number of carbonyl (C=O) groups excluding carboxylic acids is 1. The Kier molecular flexibility index (Phi) is 24.1. The second-order valence-corrected chi connectivity index (χ2v) is 8.91. The lowest BCUT2D eigenvalue weighted by Gasteiger charge is -2.19. The Morgan fingerprint density at radius 1 is 1.22 bits per heavy atom. The largest absolute Gasteiger partial charge is 0.497 e. The van der Waals surface area contributed by atoms with E-state index in [0.717, 1.165) is 42.1 Å². The maximum absolute atomic E-state index is 9.26. The molecule has 0 saturated heterocycles. The summed E-state index contributed by atoms with van der Waals surface area (Å²) in [5, 5.41) is 10.4. The number of ether oxygens (including phenoxy) is 2. The monoisotopic (exact) mass is 487 g/mol. The van der Waals surface area contributed by atoms with E-state index in [2.05, 4.69) is 20.1 Å². The zero-order valence-corrected chi connectivity index (χ0v) is 21.6. The van der Waals surface area contributed by atoms with E-state index >= 15 is 0 Å². The molecule has 7 nitrogen and oxygen atoms in total. The summed E-state index contributed by atoms with van der Waals surface area (Å²) >= 11 is 1.61. The highest BCUT2D eigenvalue weighted by Crippen LogP contribution is 2.53. The third-order valence-electron chi connectivity index (χ3n) is 3.19. The van der Waals surface area contributed by atoms with Crippen LogP contribution in [0.25, 0.3) is 0 Å². The first-order chi connectivity index (χ1) is 15.5. The molecule has 0 spiro atoms. The summed E-state index contributed by atoms with van der Waals surface area (Å²) in [5.74, 6) is 3.08. The summed E-state index contributed by atoms with van der Waals surface area (Å²) in [5.41, 5.74) is 0. The smallest absolute Gasteiger partial charge is 0.360 e. The van der Waals surface area contributed by atoms with Gasteiger partial charge in [-0.05, 0) is 67.6 Å². The number of methoxy groups -OCH3 is 2. The lowest BCUT2D eigenvalue weighted by Crippen LogP contribution is -2.14. The molecule has 0 heterocycles. The van der Waals surface area contributed by atoms with Crippen molar-refractivity contribution in [2.45, 2.75) is 26.7 Å². The van der Waals surface area contributed by atoms with E-state index < -0.39 is 7.58 Å². The van der Waals surface area contributed by atoms with Gasteiger partial charge in [0.05, 0.1) is 13.7 Å². The van der Waals surface area contributed by atoms with E-state index in [1.807, 2.05) is 42.5 Å². The minimum Gasteiger partial charge on any atom is -0.497 e. The van der Waals surface area contributed by atoms with Gasteiger partial charge in [-0.3, -0.25) is 0 Å². The van der Waals surface area contributed by atoms with Crippen LogP contribution in [0.15, 0.2) is 61.4 Å². The predicted octanol–water partition coefficient (Wildman–Crippen LogP) is 6.27. The van der Waals surface area contributed by atoms with Crippen LogP contribution >= 0.6 is 19.0 Å². The SMILES string of the molecule is C=C.CC/C=C(\C=C/COC)OP(Oc1ccc(OC)cc1)SCCCN(C)O.CC=O. The first kappa shape index (κ1) is 32.4. The van der Waals surface area contributed by atoms with Crippen molar-refractivity contribution in [2.75, 3.05) is 40.2 Å². The fourth-order valence-electron chi connectivity index (χ4n) is 1.91. The van der Waals surface area contributed by atoms with Gasteiger partial charge in [-0.15, -0.1) is 13.2 Å². The Labute approximate surface area is 198 Å². The zero-order valence-electron chi connectivity index (χ0n) is 19.9. The van der Waals surface area contributed by atoms with Crippen molar-refractivity contribution in [2.24, 2.45) is 0 Å². The molecular formula is C23H38NO6PS. The Morgan fingerprint density at radius 3 is 2.31 bits per heavy atom. The minimum atomic E-state index is -1.24. The van der Waals surface area contributed by atoms with Crippen LogP contribution in [0.3, 0.4) is 0 Å². The van der Waals surface area contributed by atoms with Crippen molar-refractivity contribution in [1.82, 2.24) is 5.06 Å². The zero-order chi connectivity index (χ0) is 24.6. The first-order valence-corrected chi connectivity index (χ1v) is 12.9. The van der Waals surface area contributed by atoms with Crippen molar-refractivity contribution in [3.05, 3.63) is 61.4 Å². The average molecular weight is 488 g/mol. The Morgan fingerprint density at radius 2 is 1.81 bits per heavy atom. The standard InChI is InChI=1S/C19H30NO5PS.C2H4O.C2H4/c1-5-8-18(9-6-15-22-3)24-26(27-16-7-14-20(2)21)25-19-12-10-17(23-4)11-13-19;1-2-3;1-2/h6,8-13,21H,5,7,14-16H2,1-4H3;2H,1H3;1-2H2/b9-6-,18-8+;;. The number of allylic oxidation sites excluding steroid dienone is 2. The van der Waals surface area contributed by atoms with Crippen molar-refractivity contribution in [3.63, 3.8) is 0 Å². The van der Waals surface area contributed by atoms with E-state index in [1.54, 1.807) is 32.6 Å². The van der Waals surface area contributed by atoms with Gasteiger partial charge in [0.15, 0.2) is 0 Å². The van der Waals surface area contributed by atoms with Gasteiger partial charge in [0.2, 0.25) is 0 Å². The van der Waals surface area contributed by atoms with Crippen LogP contribution in [0.5, 0.6) is 11.5 Å². The highest BCUT2D eigenvalue weighted by molar-refractivity contribution is 8.52. The highest BCUT2D eigenvalue weighted by Gasteiger charge is 2.17. The fraction of sp³-hybridized carbons (Fsp3) is 0.435. The van der Waals surface area contributed by atoms with Gasteiger partial charge < -0.3 is 28.5 Å². The van der Waals surface area contributed by atoms with Crippen LogP contribution in [-0.2, 0) is 14.1 Å². The van der Waals surface area contributed by atoms with Gasteiger partial charge in [-0.2, -0.15) is 5.06 Å². The number of benzene rings is 1. The number of hydrogen-bond acceptors (Lipinski definition) is 8. The van der Waals surface area contributed by atoms with Crippen LogP contribution in [0.4, 0.5) is 0 Å². The van der Waals surface area contributed by atoms with Crippen LogP contribution in [0.1, 0.15) is 26.7 Å². The molecule has 1 unspecified atom stereocenters. The molecule has 0 aromatic heterocycles. The summed E-state index contributed by atoms with van der Waals surface area (Å²) in [4.78, 5) is 8.81. The number of nitrogens with zero attached hydrogens (tertiary/aromatic N) is 1. The molecule has 1 atom stereocenters. The molecule has 32 heavy (non-hydrogen) atoms. The summed E-state index contributed by atoms with van der Waals surface area (Å²) in [7, 11) is 3.69. The molecule has 0 bridgehead atoms. The maximum Gasteiger partial charge on any atom is 0.360 e. The molecule has 0 radical (unpaired) electrons. The molecule has 0 aliphatic rings. The number of hydrogen-bond donors (Lipinski definition) is 1. The van der Waals surface area contributed by atoms with E-state index in [9.17, 15) is 5.21 Å². The quantitative estimate of drug-likeness (QED) is 0.0626. The molecule has 1 N–H and O–H groups in total. The molecule has 0 fully saturated rings. The molecule has 0 saturated carbocycles. The van der Waals surface area contributed by atoms with Crippen molar-refractivity contribution >= 4 is 25.2 Å². The minimum absolute atomic E-state index is 0.525. The van der Waals surface area contributed by atoms with Crippen molar-refractivity contribution in [3.8, 4) is 11.5 Å². The van der Waals surface area contributed by atoms with Gasteiger partial charge in [0, 0.05) is 26.5 Å². The normalized spacial score (nSPS) is 11.7. The van der Waals surface area contributed by atoms with Crippen LogP contribution in [-0.4, -0.2) is 56.7 Å². The van der Waals surface area contributed by atoms with E-state index in [1.165, 1.54) is 12.0 Å². The van der Waals surface area contributed by atoms with Gasteiger partial charge in [-0.1, -0.05) is 13.0 Å². The third kappa shape index (κ3) is 18.9. The predicted molar refractivity (Wildman–Crippen MR) is 136 cm³/mol. The Hall–Kier alpha value is -1.83. The third-order valence-corrected chi connectivity index (χ3v) is 6.22. The molecular weight excluding hydrogens is 449 g/mol. The van der Waals surface area contributed by atoms with E-state index in [0.29, 0.717) is 13.2 Å². The van der Waals surface area contributed by atoms with Crippen LogP contribution in [0, 0.1) is 0 Å². The van der Waals surface area contributed by atoms with Gasteiger partial charge >= 0.3 is 7.58 Å². The molecule has 1 aromatic rings. The highest BCUT2D eigenvalue weighted by atomic mass is 32.7. The summed E-state index contributed by atoms with van der Waals surface area (Å²) in [6.45, 7) is 10.6. The molecule has 0 aliphatic heterocycles. The molecule has 182 valence electrons. The number of aldehydes is 1. The lowest BCUT2D eigenvalue weighted by molar-refractivity contribution is -0.106. The number of hydroxylamine groups is 2. The second kappa shape index (κ2) is 23.8. The molecule has 1 aromatic carbocycles. The van der Waals surface area contributed by atoms with Gasteiger partial charge in [0.1, 0.15) is 23.5 Å². The summed E-state index contributed by atoms with van der Waals surface area (Å²) in [6.07, 6.45) is 8.27. The molecule has 1 rings (SSSR count). The van der Waals surface area contributed by atoms with Crippen molar-refractivity contribution < 1.29 is 28.5 Å². The summed E-state index contributed by atoms with van der Waals surface area (Å²) in [6, 6.07) is 7.44. The summed E-state index contributed by atoms with van der Waals surface area (Å²) < 4.78 is 22.4. The van der Waals surface area contributed by atoms with Gasteiger partial charge in [0.25, 0.3) is 0 Å². The van der Waals surface area contributed by atoms with E-state index in [4.69, 9.17) is 23.3 Å². The molecule has 0 aliphatic carbocycles. The Bertz CT molecular complexity index is 625. The lowest BCUT2D eigenvalue weighted by atomic mass is 10.3. The van der Waals surface area contributed by atoms with Crippen LogP contribution < -0.4 is 9.26 Å². The molecule has 0 amide bonds. The number of rotatable bonds is 14. The van der Waals surface area contributed by atoms with E-state index in [-0.39, 0.29) is 0 Å². The fourth-order valence-corrected chi connectivity index (χ4v) is 4.73. The average Bonchev–Trinajstić information content (AvgIpc) is 2.79. The first-order valence-electron chi connectivity index (χ1n) is 10.1. The maximum atomic E-state index is 9.26. The molecule has 9 heteroatoms. The topological polar surface area (TPSA) is 77.5 Å². The number of carbonyl (C=O) groups is 1. The van der Waals surface area contributed by atoms with Crippen molar-refractivity contribution in [1.29, 1.82) is 0 Å². The Balaban J connectivity index is 0. The second-order valence-electron chi connectivity index (χ2n) is 5.76. The van der Waals surface area contributed by atoms with Crippen LogP contribution in [0.2, 0.25) is 0 Å². The van der Waals surface area contributed by atoms with Gasteiger partial charge in [-0.25, -0.2) is 0 Å².